The van der Waals surface area contributed by atoms with Crippen molar-refractivity contribution < 1.29 is 9.47 Å². The van der Waals surface area contributed by atoms with E-state index in [9.17, 15) is 0 Å². The molecule has 0 radical (unpaired) electrons. The van der Waals surface area contributed by atoms with Crippen LogP contribution in [0.25, 0.3) is 0 Å². The zero-order valence-corrected chi connectivity index (χ0v) is 16.4. The molecule has 0 bridgehead atoms. The van der Waals surface area contributed by atoms with Crippen LogP contribution >= 0.6 is 11.6 Å². The van der Waals surface area contributed by atoms with E-state index in [1.165, 1.54) is 0 Å². The minimum absolute atomic E-state index is 0.435. The average Bonchev–Trinajstić information content (AvgIpc) is 2.61. The number of ether oxygens (including phenoxy) is 2. The third-order valence-electron chi connectivity index (χ3n) is 3.88. The van der Waals surface area contributed by atoms with Gasteiger partial charge in [-0.05, 0) is 49.7 Å². The molecule has 2 N–H and O–H groups in total. The molecule has 0 aliphatic heterocycles. The Morgan fingerprint density at radius 3 is 2.19 bits per heavy atom. The van der Waals surface area contributed by atoms with Gasteiger partial charge in [-0.25, -0.2) is 4.98 Å². The Kier molecular flexibility index (Phi) is 5.66. The highest BCUT2D eigenvalue weighted by molar-refractivity contribution is 6.31. The monoisotopic (exact) mass is 384 g/mol. The molecule has 1 heterocycles. The van der Waals surface area contributed by atoms with E-state index in [2.05, 4.69) is 20.6 Å². The van der Waals surface area contributed by atoms with Crippen molar-refractivity contribution in [3.05, 3.63) is 58.7 Å². The van der Waals surface area contributed by atoms with E-state index >= 15 is 0 Å². The molecule has 3 rings (SSSR count). The molecular weight excluding hydrogens is 364 g/mol. The average molecular weight is 385 g/mol. The lowest BCUT2D eigenvalue weighted by Gasteiger charge is -2.14. The largest absolute Gasteiger partial charge is 0.495 e. The van der Waals surface area contributed by atoms with Crippen molar-refractivity contribution in [3.63, 3.8) is 0 Å². The molecule has 3 aromatic rings. The van der Waals surface area contributed by atoms with Crippen LogP contribution in [0, 0.1) is 13.8 Å². The van der Waals surface area contributed by atoms with Gasteiger partial charge in [-0.2, -0.15) is 4.98 Å². The van der Waals surface area contributed by atoms with Crippen LogP contribution in [0.2, 0.25) is 5.02 Å². The summed E-state index contributed by atoms with van der Waals surface area (Å²) in [5.74, 6) is 2.47. The van der Waals surface area contributed by atoms with Crippen LogP contribution in [0.1, 0.15) is 11.3 Å². The molecule has 0 saturated carbocycles. The fourth-order valence-corrected chi connectivity index (χ4v) is 2.82. The number of aryl methyl sites for hydroxylation is 2. The van der Waals surface area contributed by atoms with Gasteiger partial charge in [0.1, 0.15) is 17.3 Å². The second-order valence-corrected chi connectivity index (χ2v) is 6.45. The summed E-state index contributed by atoms with van der Waals surface area (Å²) in [4.78, 5) is 8.99. The Morgan fingerprint density at radius 1 is 0.815 bits per heavy atom. The zero-order chi connectivity index (χ0) is 19.4. The molecule has 0 spiro atoms. The van der Waals surface area contributed by atoms with Gasteiger partial charge in [-0.15, -0.1) is 0 Å². The van der Waals surface area contributed by atoms with E-state index in [1.807, 2.05) is 38.1 Å². The van der Waals surface area contributed by atoms with E-state index in [4.69, 9.17) is 21.1 Å². The molecule has 6 nitrogen and oxygen atoms in total. The molecule has 140 valence electrons. The SMILES string of the molecule is COc1ccc(C)cc1Nc1cc(C)nc(Nc2cc(Cl)ccc2OC)n1. The normalized spacial score (nSPS) is 10.4. The molecule has 0 saturated heterocycles. The minimum atomic E-state index is 0.435. The summed E-state index contributed by atoms with van der Waals surface area (Å²) in [6.07, 6.45) is 0. The second kappa shape index (κ2) is 8.14. The van der Waals surface area contributed by atoms with Crippen molar-refractivity contribution in [3.8, 4) is 11.5 Å². The van der Waals surface area contributed by atoms with E-state index in [0.29, 0.717) is 28.2 Å². The maximum absolute atomic E-state index is 6.10. The first kappa shape index (κ1) is 18.8. The molecular formula is C20H21ClN4O2. The lowest BCUT2D eigenvalue weighted by atomic mass is 10.2. The molecule has 7 heteroatoms. The van der Waals surface area contributed by atoms with E-state index < -0.39 is 0 Å². The molecule has 0 atom stereocenters. The summed E-state index contributed by atoms with van der Waals surface area (Å²) in [6, 6.07) is 13.1. The first-order valence-electron chi connectivity index (χ1n) is 8.36. The number of aromatic nitrogens is 2. The Bertz CT molecular complexity index is 889. The fourth-order valence-electron chi connectivity index (χ4n) is 2.64. The number of hydrogen-bond donors (Lipinski definition) is 2. The standard InChI is InChI=1S/C20H21ClN4O2/c1-12-5-7-17(26-3)15(9-12)23-19-10-13(2)22-20(25-19)24-16-11-14(21)6-8-18(16)27-4/h5-11H,1-4H3,(H2,22,23,24,25). The Labute approximate surface area is 163 Å². The van der Waals surface area contributed by atoms with Crippen LogP contribution < -0.4 is 20.1 Å². The molecule has 1 aromatic heterocycles. The number of rotatable bonds is 6. The summed E-state index contributed by atoms with van der Waals surface area (Å²) < 4.78 is 10.8. The number of hydrogen-bond acceptors (Lipinski definition) is 6. The smallest absolute Gasteiger partial charge is 0.229 e. The van der Waals surface area contributed by atoms with Crippen LogP contribution in [-0.2, 0) is 0 Å². The second-order valence-electron chi connectivity index (χ2n) is 6.02. The predicted octanol–water partition coefficient (Wildman–Crippen LogP) is 5.25. The van der Waals surface area contributed by atoms with Gasteiger partial charge in [-0.1, -0.05) is 17.7 Å². The first-order chi connectivity index (χ1) is 13.0. The highest BCUT2D eigenvalue weighted by atomic mass is 35.5. The Morgan fingerprint density at radius 2 is 1.48 bits per heavy atom. The Balaban J connectivity index is 1.92. The maximum Gasteiger partial charge on any atom is 0.229 e. The number of benzene rings is 2. The molecule has 2 aromatic carbocycles. The quantitative estimate of drug-likeness (QED) is 0.604. The van der Waals surface area contributed by atoms with Crippen LogP contribution in [-0.4, -0.2) is 24.2 Å². The fraction of sp³-hybridized carbons (Fsp3) is 0.200. The van der Waals surface area contributed by atoms with E-state index in [1.54, 1.807) is 32.4 Å². The number of nitrogens with zero attached hydrogens (tertiary/aromatic N) is 2. The number of nitrogens with one attached hydrogen (secondary N) is 2. The van der Waals surface area contributed by atoms with Gasteiger partial charge in [0, 0.05) is 16.8 Å². The summed E-state index contributed by atoms with van der Waals surface area (Å²) in [5, 5.41) is 7.06. The van der Waals surface area contributed by atoms with Gasteiger partial charge in [0.25, 0.3) is 0 Å². The van der Waals surface area contributed by atoms with Gasteiger partial charge in [-0.3, -0.25) is 0 Å². The highest BCUT2D eigenvalue weighted by Crippen LogP contribution is 2.31. The predicted molar refractivity (Wildman–Crippen MR) is 109 cm³/mol. The summed E-state index contributed by atoms with van der Waals surface area (Å²) in [5.41, 5.74) is 3.45. The molecule has 27 heavy (non-hydrogen) atoms. The van der Waals surface area contributed by atoms with Gasteiger partial charge < -0.3 is 20.1 Å². The van der Waals surface area contributed by atoms with Crippen LogP contribution in [0.5, 0.6) is 11.5 Å². The topological polar surface area (TPSA) is 68.3 Å². The lowest BCUT2D eigenvalue weighted by Crippen LogP contribution is -2.04. The van der Waals surface area contributed by atoms with Crippen LogP contribution in [0.15, 0.2) is 42.5 Å². The van der Waals surface area contributed by atoms with Gasteiger partial charge in [0.15, 0.2) is 0 Å². The molecule has 0 amide bonds. The maximum atomic E-state index is 6.10. The van der Waals surface area contributed by atoms with Crippen molar-refractivity contribution in [1.82, 2.24) is 9.97 Å². The van der Waals surface area contributed by atoms with E-state index in [0.717, 1.165) is 22.7 Å². The number of anilines is 4. The molecule has 0 unspecified atom stereocenters. The minimum Gasteiger partial charge on any atom is -0.495 e. The van der Waals surface area contributed by atoms with E-state index in [-0.39, 0.29) is 0 Å². The van der Waals surface area contributed by atoms with Gasteiger partial charge in [0.2, 0.25) is 5.95 Å². The van der Waals surface area contributed by atoms with Crippen molar-refractivity contribution in [2.75, 3.05) is 24.9 Å². The highest BCUT2D eigenvalue weighted by Gasteiger charge is 2.10. The Hall–Kier alpha value is -2.99. The van der Waals surface area contributed by atoms with Crippen LogP contribution in [0.3, 0.4) is 0 Å². The van der Waals surface area contributed by atoms with Gasteiger partial charge >= 0.3 is 0 Å². The third kappa shape index (κ3) is 4.60. The number of halogens is 1. The number of methoxy groups -OCH3 is 2. The molecule has 0 aliphatic carbocycles. The molecule has 0 aliphatic rings. The van der Waals surface area contributed by atoms with Crippen LogP contribution in [0.4, 0.5) is 23.1 Å². The summed E-state index contributed by atoms with van der Waals surface area (Å²) >= 11 is 6.10. The van der Waals surface area contributed by atoms with Crippen molar-refractivity contribution >= 4 is 34.7 Å². The summed E-state index contributed by atoms with van der Waals surface area (Å²) in [7, 11) is 3.24. The first-order valence-corrected chi connectivity index (χ1v) is 8.74. The van der Waals surface area contributed by atoms with Crippen molar-refractivity contribution in [2.24, 2.45) is 0 Å². The van der Waals surface area contributed by atoms with Crippen molar-refractivity contribution in [1.29, 1.82) is 0 Å². The zero-order valence-electron chi connectivity index (χ0n) is 15.6. The molecule has 0 fully saturated rings. The summed E-state index contributed by atoms with van der Waals surface area (Å²) in [6.45, 7) is 3.93. The lowest BCUT2D eigenvalue weighted by molar-refractivity contribution is 0.416. The van der Waals surface area contributed by atoms with Gasteiger partial charge in [0.05, 0.1) is 25.6 Å². The third-order valence-corrected chi connectivity index (χ3v) is 4.12. The van der Waals surface area contributed by atoms with Crippen molar-refractivity contribution in [2.45, 2.75) is 13.8 Å².